The molecule has 3 aromatic rings. The van der Waals surface area contributed by atoms with Crippen LogP contribution in [0.4, 0.5) is 5.13 Å². The molecule has 1 amide bonds. The second-order valence-electron chi connectivity index (χ2n) is 8.16. The lowest BCUT2D eigenvalue weighted by Gasteiger charge is -2.27. The lowest BCUT2D eigenvalue weighted by Crippen LogP contribution is -2.39. The van der Waals surface area contributed by atoms with E-state index in [1.165, 1.54) is 11.3 Å². The summed E-state index contributed by atoms with van der Waals surface area (Å²) in [5.41, 5.74) is 2.88. The van der Waals surface area contributed by atoms with Crippen molar-refractivity contribution in [3.05, 3.63) is 47.5 Å². The highest BCUT2D eigenvalue weighted by Gasteiger charge is 2.23. The van der Waals surface area contributed by atoms with Crippen LogP contribution in [0.25, 0.3) is 10.2 Å². The Kier molecular flexibility index (Phi) is 9.53. The number of amides is 1. The first-order valence-corrected chi connectivity index (χ1v) is 12.1. The van der Waals surface area contributed by atoms with Gasteiger partial charge in [-0.05, 0) is 31.0 Å². The summed E-state index contributed by atoms with van der Waals surface area (Å²) in [6, 6.07) is 11.8. The SMILES string of the molecule is COc1ccc(OC)c2sc(N(CCCN3CCOCC3)C(=O)Cc3cccc(C)c3)nc12.Cl. The monoisotopic (exact) mass is 505 g/mol. The van der Waals surface area contributed by atoms with Gasteiger partial charge >= 0.3 is 0 Å². The third-order valence-corrected chi connectivity index (χ3v) is 6.92. The molecule has 7 nitrogen and oxygen atoms in total. The summed E-state index contributed by atoms with van der Waals surface area (Å²) in [5, 5.41) is 0.674. The van der Waals surface area contributed by atoms with E-state index in [1.807, 2.05) is 42.2 Å². The molecule has 0 saturated carbocycles. The molecule has 0 N–H and O–H groups in total. The highest BCUT2D eigenvalue weighted by molar-refractivity contribution is 7.22. The lowest BCUT2D eigenvalue weighted by molar-refractivity contribution is -0.118. The van der Waals surface area contributed by atoms with Gasteiger partial charge < -0.3 is 14.2 Å². The Morgan fingerprint density at radius 2 is 1.88 bits per heavy atom. The van der Waals surface area contributed by atoms with Crippen molar-refractivity contribution in [2.45, 2.75) is 19.8 Å². The number of carbonyl (C=O) groups is 1. The maximum Gasteiger partial charge on any atom is 0.233 e. The van der Waals surface area contributed by atoms with Crippen molar-refractivity contribution in [3.63, 3.8) is 0 Å². The summed E-state index contributed by atoms with van der Waals surface area (Å²) in [5.74, 6) is 1.45. The third kappa shape index (κ3) is 6.18. The first kappa shape index (κ1) is 26.2. The molecule has 1 fully saturated rings. The van der Waals surface area contributed by atoms with Crippen LogP contribution in [0.15, 0.2) is 36.4 Å². The molecule has 1 aromatic heterocycles. The van der Waals surface area contributed by atoms with Crippen LogP contribution in [0.3, 0.4) is 0 Å². The topological polar surface area (TPSA) is 64.1 Å². The van der Waals surface area contributed by atoms with Crippen LogP contribution >= 0.6 is 23.7 Å². The minimum Gasteiger partial charge on any atom is -0.495 e. The summed E-state index contributed by atoms with van der Waals surface area (Å²) in [7, 11) is 3.27. The summed E-state index contributed by atoms with van der Waals surface area (Å²) in [6.45, 7) is 6.99. The maximum atomic E-state index is 13.5. The molecule has 2 aromatic carbocycles. The van der Waals surface area contributed by atoms with Crippen molar-refractivity contribution < 1.29 is 19.0 Å². The molecule has 0 aliphatic carbocycles. The molecule has 1 saturated heterocycles. The van der Waals surface area contributed by atoms with Gasteiger partial charge in [0.05, 0.1) is 33.9 Å². The zero-order valence-corrected chi connectivity index (χ0v) is 21.5. The van der Waals surface area contributed by atoms with Crippen molar-refractivity contribution in [1.82, 2.24) is 9.88 Å². The van der Waals surface area contributed by atoms with Crippen LogP contribution in [0.2, 0.25) is 0 Å². The molecule has 4 rings (SSSR count). The van der Waals surface area contributed by atoms with E-state index < -0.39 is 0 Å². The number of nitrogens with zero attached hydrogens (tertiary/aromatic N) is 3. The van der Waals surface area contributed by atoms with E-state index in [9.17, 15) is 4.79 Å². The van der Waals surface area contributed by atoms with Crippen LogP contribution in [0.1, 0.15) is 17.5 Å². The number of thiazole rings is 1. The van der Waals surface area contributed by atoms with Gasteiger partial charge in [-0.1, -0.05) is 41.2 Å². The van der Waals surface area contributed by atoms with E-state index >= 15 is 0 Å². The van der Waals surface area contributed by atoms with Gasteiger partial charge in [0.1, 0.15) is 21.7 Å². The summed E-state index contributed by atoms with van der Waals surface area (Å²) in [4.78, 5) is 22.5. The highest BCUT2D eigenvalue weighted by atomic mass is 35.5. The molecule has 0 unspecified atom stereocenters. The van der Waals surface area contributed by atoms with E-state index in [1.54, 1.807) is 14.2 Å². The number of rotatable bonds is 9. The normalized spacial score (nSPS) is 14.0. The highest BCUT2D eigenvalue weighted by Crippen LogP contribution is 2.40. The van der Waals surface area contributed by atoms with Gasteiger partial charge in [0.15, 0.2) is 5.13 Å². The number of aromatic nitrogens is 1. The lowest BCUT2D eigenvalue weighted by atomic mass is 10.1. The van der Waals surface area contributed by atoms with Crippen LogP contribution in [0.5, 0.6) is 11.5 Å². The van der Waals surface area contributed by atoms with Crippen molar-refractivity contribution in [3.8, 4) is 11.5 Å². The van der Waals surface area contributed by atoms with Crippen molar-refractivity contribution >= 4 is 45.0 Å². The third-order valence-electron chi connectivity index (χ3n) is 5.83. The number of hydrogen-bond donors (Lipinski definition) is 0. The van der Waals surface area contributed by atoms with E-state index in [0.29, 0.717) is 23.8 Å². The van der Waals surface area contributed by atoms with Gasteiger partial charge in [-0.15, -0.1) is 12.4 Å². The van der Waals surface area contributed by atoms with Gasteiger partial charge in [-0.2, -0.15) is 0 Å². The number of methoxy groups -OCH3 is 2. The quantitative estimate of drug-likeness (QED) is 0.431. The fourth-order valence-electron chi connectivity index (χ4n) is 4.09. The predicted molar refractivity (Wildman–Crippen MR) is 139 cm³/mol. The van der Waals surface area contributed by atoms with E-state index in [-0.39, 0.29) is 18.3 Å². The number of benzene rings is 2. The standard InChI is InChI=1S/C25H31N3O4S.ClH/c1-18-6-4-7-19(16-18)17-22(29)28(11-5-10-27-12-14-32-15-13-27)25-26-23-20(30-2)8-9-21(31-3)24(23)33-25;/h4,6-9,16H,5,10-15,17H2,1-3H3;1H. The van der Waals surface area contributed by atoms with Crippen LogP contribution in [0, 0.1) is 6.92 Å². The molecule has 0 spiro atoms. The Bertz CT molecular complexity index is 1060. The van der Waals surface area contributed by atoms with Gasteiger partial charge in [0.25, 0.3) is 0 Å². The molecule has 1 aliphatic rings. The van der Waals surface area contributed by atoms with Crippen LogP contribution in [-0.4, -0.2) is 69.4 Å². The molecule has 184 valence electrons. The fraction of sp³-hybridized carbons (Fsp3) is 0.440. The molecule has 2 heterocycles. The first-order chi connectivity index (χ1) is 16.1. The predicted octanol–water partition coefficient (Wildman–Crippen LogP) is 4.34. The second-order valence-corrected chi connectivity index (χ2v) is 9.14. The Morgan fingerprint density at radius 1 is 1.15 bits per heavy atom. The number of ether oxygens (including phenoxy) is 3. The van der Waals surface area contributed by atoms with Crippen LogP contribution in [-0.2, 0) is 16.0 Å². The molecule has 9 heteroatoms. The van der Waals surface area contributed by atoms with Gasteiger partial charge in [-0.25, -0.2) is 4.98 Å². The number of halogens is 1. The summed E-state index contributed by atoms with van der Waals surface area (Å²) in [6.07, 6.45) is 1.20. The summed E-state index contributed by atoms with van der Waals surface area (Å²) < 4.78 is 17.4. The molecule has 1 aliphatic heterocycles. The van der Waals surface area contributed by atoms with E-state index in [2.05, 4.69) is 11.0 Å². The van der Waals surface area contributed by atoms with Gasteiger partial charge in [-0.3, -0.25) is 14.6 Å². The minimum absolute atomic E-state index is 0. The average molecular weight is 506 g/mol. The van der Waals surface area contributed by atoms with Gasteiger partial charge in [0.2, 0.25) is 5.91 Å². The largest absolute Gasteiger partial charge is 0.495 e. The Morgan fingerprint density at radius 3 is 2.59 bits per heavy atom. The molecular weight excluding hydrogens is 474 g/mol. The van der Waals surface area contributed by atoms with Crippen molar-refractivity contribution in [2.24, 2.45) is 0 Å². The van der Waals surface area contributed by atoms with Gasteiger partial charge in [0, 0.05) is 26.2 Å². The number of fused-ring (bicyclic) bond motifs is 1. The first-order valence-electron chi connectivity index (χ1n) is 11.3. The number of anilines is 1. The Hall–Kier alpha value is -2.39. The Labute approximate surface area is 211 Å². The molecular formula is C25H32ClN3O4S. The molecule has 0 bridgehead atoms. The van der Waals surface area contributed by atoms with E-state index in [4.69, 9.17) is 19.2 Å². The average Bonchev–Trinajstić information content (AvgIpc) is 3.27. The second kappa shape index (κ2) is 12.4. The molecule has 34 heavy (non-hydrogen) atoms. The zero-order chi connectivity index (χ0) is 23.2. The van der Waals surface area contributed by atoms with Crippen molar-refractivity contribution in [2.75, 3.05) is 58.5 Å². The number of hydrogen-bond acceptors (Lipinski definition) is 7. The van der Waals surface area contributed by atoms with E-state index in [0.717, 1.165) is 66.4 Å². The Balaban J connectivity index is 0.00000324. The fourth-order valence-corrected chi connectivity index (χ4v) is 5.20. The maximum absolute atomic E-state index is 13.5. The number of carbonyl (C=O) groups excluding carboxylic acids is 1. The zero-order valence-electron chi connectivity index (χ0n) is 19.9. The summed E-state index contributed by atoms with van der Waals surface area (Å²) >= 11 is 1.47. The minimum atomic E-state index is 0. The van der Waals surface area contributed by atoms with Crippen LogP contribution < -0.4 is 14.4 Å². The number of morpholine rings is 1. The number of aryl methyl sites for hydroxylation is 1. The smallest absolute Gasteiger partial charge is 0.233 e. The molecule has 0 atom stereocenters. The van der Waals surface area contributed by atoms with Crippen molar-refractivity contribution in [1.29, 1.82) is 0 Å². The molecule has 0 radical (unpaired) electrons.